The summed E-state index contributed by atoms with van der Waals surface area (Å²) in [6.07, 6.45) is 3.26. The Balaban J connectivity index is 2.78. The van der Waals surface area contributed by atoms with Gasteiger partial charge in [-0.3, -0.25) is 9.52 Å². The minimum Gasteiger partial charge on any atom is -0.327 e. The summed E-state index contributed by atoms with van der Waals surface area (Å²) < 4.78 is 23.7. The zero-order chi connectivity index (χ0) is 11.0. The van der Waals surface area contributed by atoms with E-state index in [9.17, 15) is 13.2 Å². The molecule has 2 atom stereocenters. The number of hydrogen-bond donors (Lipinski definition) is 2. The number of carbonyl (C=O) groups is 1. The summed E-state index contributed by atoms with van der Waals surface area (Å²) >= 11 is 0. The van der Waals surface area contributed by atoms with Crippen LogP contribution in [0, 0.1) is 5.41 Å². The highest BCUT2D eigenvalue weighted by molar-refractivity contribution is 7.89. The molecule has 14 heavy (non-hydrogen) atoms. The Morgan fingerprint density at radius 1 is 1.57 bits per heavy atom. The number of hydrogen-bond acceptors (Lipinski definition) is 4. The molecule has 0 aromatic carbocycles. The van der Waals surface area contributed by atoms with Crippen LogP contribution in [0.15, 0.2) is 0 Å². The number of amides is 1. The molecule has 1 saturated carbocycles. The van der Waals surface area contributed by atoms with Crippen molar-refractivity contribution >= 4 is 15.9 Å². The molecule has 0 saturated heterocycles. The van der Waals surface area contributed by atoms with Crippen LogP contribution in [-0.4, -0.2) is 26.6 Å². The molecule has 0 aliphatic heterocycles. The van der Waals surface area contributed by atoms with Gasteiger partial charge in [-0.25, -0.2) is 8.42 Å². The molecule has 82 valence electrons. The van der Waals surface area contributed by atoms with E-state index >= 15 is 0 Å². The van der Waals surface area contributed by atoms with Crippen molar-refractivity contribution in [1.29, 1.82) is 0 Å². The van der Waals surface area contributed by atoms with Crippen molar-refractivity contribution in [3.63, 3.8) is 0 Å². The van der Waals surface area contributed by atoms with Gasteiger partial charge in [-0.15, -0.1) is 0 Å². The van der Waals surface area contributed by atoms with Crippen LogP contribution in [0.2, 0.25) is 0 Å². The van der Waals surface area contributed by atoms with Crippen molar-refractivity contribution in [2.45, 2.75) is 32.2 Å². The number of rotatable bonds is 2. The quantitative estimate of drug-likeness (QED) is 0.661. The van der Waals surface area contributed by atoms with Gasteiger partial charge in [0.1, 0.15) is 0 Å². The van der Waals surface area contributed by atoms with Crippen LogP contribution in [0.3, 0.4) is 0 Å². The Morgan fingerprint density at radius 3 is 2.50 bits per heavy atom. The topological polar surface area (TPSA) is 89.3 Å². The van der Waals surface area contributed by atoms with Crippen LogP contribution in [0.5, 0.6) is 0 Å². The maximum atomic E-state index is 11.6. The molecular weight excluding hydrogens is 204 g/mol. The number of sulfonamides is 1. The number of nitrogens with one attached hydrogen (secondary N) is 1. The summed E-state index contributed by atoms with van der Waals surface area (Å²) in [7, 11) is -3.48. The van der Waals surface area contributed by atoms with Gasteiger partial charge in [-0.05, 0) is 19.8 Å². The van der Waals surface area contributed by atoms with Gasteiger partial charge < -0.3 is 5.73 Å². The molecule has 0 aromatic heterocycles. The van der Waals surface area contributed by atoms with E-state index in [0.717, 1.165) is 19.1 Å². The Bertz CT molecular complexity index is 338. The molecule has 0 bridgehead atoms. The summed E-state index contributed by atoms with van der Waals surface area (Å²) in [6, 6.07) is -0.246. The van der Waals surface area contributed by atoms with Gasteiger partial charge in [0.2, 0.25) is 15.9 Å². The highest BCUT2D eigenvalue weighted by Crippen LogP contribution is 2.36. The van der Waals surface area contributed by atoms with Crippen molar-refractivity contribution in [2.75, 3.05) is 6.26 Å². The standard InChI is InChI=1S/C8H16N2O3S/c1-8(5-3-4-6(8)9)7(11)10-14(2,12)13/h6H,3-5,9H2,1-2H3,(H,10,11). The van der Waals surface area contributed by atoms with Crippen LogP contribution in [0.25, 0.3) is 0 Å². The molecule has 1 amide bonds. The zero-order valence-corrected chi connectivity index (χ0v) is 9.23. The number of nitrogens with two attached hydrogens (primary N) is 1. The van der Waals surface area contributed by atoms with Gasteiger partial charge in [0, 0.05) is 6.04 Å². The molecule has 1 aliphatic carbocycles. The molecule has 3 N–H and O–H groups in total. The van der Waals surface area contributed by atoms with E-state index < -0.39 is 21.3 Å². The van der Waals surface area contributed by atoms with E-state index in [2.05, 4.69) is 0 Å². The van der Waals surface area contributed by atoms with Crippen LogP contribution in [0.4, 0.5) is 0 Å². The normalized spacial score (nSPS) is 32.9. The molecule has 1 fully saturated rings. The molecule has 0 radical (unpaired) electrons. The fraction of sp³-hybridized carbons (Fsp3) is 0.875. The first-order chi connectivity index (χ1) is 6.26. The fourth-order valence-electron chi connectivity index (χ4n) is 1.76. The zero-order valence-electron chi connectivity index (χ0n) is 8.41. The molecule has 1 aliphatic rings. The van der Waals surface area contributed by atoms with E-state index in [1.807, 2.05) is 4.72 Å². The second-order valence-corrected chi connectivity index (χ2v) is 5.87. The third kappa shape index (κ3) is 2.24. The second kappa shape index (κ2) is 3.51. The Labute approximate surface area is 84.1 Å². The largest absolute Gasteiger partial charge is 0.327 e. The summed E-state index contributed by atoms with van der Waals surface area (Å²) in [5, 5.41) is 0. The monoisotopic (exact) mass is 220 g/mol. The summed E-state index contributed by atoms with van der Waals surface area (Å²) in [5.41, 5.74) is 5.04. The maximum absolute atomic E-state index is 11.6. The Morgan fingerprint density at radius 2 is 2.14 bits per heavy atom. The fourth-order valence-corrected chi connectivity index (χ4v) is 2.33. The second-order valence-electron chi connectivity index (χ2n) is 4.12. The highest BCUT2D eigenvalue weighted by atomic mass is 32.2. The maximum Gasteiger partial charge on any atom is 0.240 e. The molecule has 0 aromatic rings. The molecule has 2 unspecified atom stereocenters. The molecule has 5 nitrogen and oxygen atoms in total. The van der Waals surface area contributed by atoms with Gasteiger partial charge >= 0.3 is 0 Å². The smallest absolute Gasteiger partial charge is 0.240 e. The molecule has 0 heterocycles. The van der Waals surface area contributed by atoms with Gasteiger partial charge in [-0.2, -0.15) is 0 Å². The van der Waals surface area contributed by atoms with E-state index in [1.165, 1.54) is 0 Å². The molecule has 0 spiro atoms. The first-order valence-electron chi connectivity index (χ1n) is 4.53. The van der Waals surface area contributed by atoms with Crippen molar-refractivity contribution in [1.82, 2.24) is 4.72 Å². The van der Waals surface area contributed by atoms with Crippen LogP contribution in [-0.2, 0) is 14.8 Å². The summed E-state index contributed by atoms with van der Waals surface area (Å²) in [4.78, 5) is 11.6. The predicted molar refractivity (Wildman–Crippen MR) is 52.9 cm³/mol. The Hall–Kier alpha value is -0.620. The highest BCUT2D eigenvalue weighted by Gasteiger charge is 2.43. The van der Waals surface area contributed by atoms with Gasteiger partial charge in [0.15, 0.2) is 0 Å². The first kappa shape index (κ1) is 11.5. The lowest BCUT2D eigenvalue weighted by Crippen LogP contribution is -2.48. The van der Waals surface area contributed by atoms with E-state index in [-0.39, 0.29) is 6.04 Å². The number of carbonyl (C=O) groups excluding carboxylic acids is 1. The van der Waals surface area contributed by atoms with E-state index in [0.29, 0.717) is 6.42 Å². The van der Waals surface area contributed by atoms with E-state index in [4.69, 9.17) is 5.73 Å². The average Bonchev–Trinajstić information content (AvgIpc) is 2.30. The van der Waals surface area contributed by atoms with Crippen molar-refractivity contribution in [3.8, 4) is 0 Å². The SMILES string of the molecule is CC1(C(=O)NS(C)(=O)=O)CCCC1N. The lowest BCUT2D eigenvalue weighted by Gasteiger charge is -2.26. The molecule has 1 rings (SSSR count). The average molecular weight is 220 g/mol. The summed E-state index contributed by atoms with van der Waals surface area (Å²) in [6.45, 7) is 1.71. The third-order valence-corrected chi connectivity index (χ3v) is 3.38. The summed E-state index contributed by atoms with van der Waals surface area (Å²) in [5.74, 6) is -0.481. The molecular formula is C8H16N2O3S. The van der Waals surface area contributed by atoms with Crippen molar-refractivity contribution in [3.05, 3.63) is 0 Å². The van der Waals surface area contributed by atoms with Crippen LogP contribution >= 0.6 is 0 Å². The van der Waals surface area contributed by atoms with Crippen LogP contribution in [0.1, 0.15) is 26.2 Å². The van der Waals surface area contributed by atoms with Gasteiger partial charge in [-0.1, -0.05) is 6.42 Å². The van der Waals surface area contributed by atoms with Gasteiger partial charge in [0.25, 0.3) is 0 Å². The first-order valence-corrected chi connectivity index (χ1v) is 6.43. The van der Waals surface area contributed by atoms with Crippen molar-refractivity contribution in [2.24, 2.45) is 11.1 Å². The van der Waals surface area contributed by atoms with Crippen LogP contribution < -0.4 is 10.5 Å². The van der Waals surface area contributed by atoms with E-state index in [1.54, 1.807) is 6.92 Å². The lowest BCUT2D eigenvalue weighted by molar-refractivity contribution is -0.128. The van der Waals surface area contributed by atoms with Gasteiger partial charge in [0.05, 0.1) is 11.7 Å². The molecule has 6 heteroatoms. The minimum atomic E-state index is -3.48. The third-order valence-electron chi connectivity index (χ3n) is 2.83. The predicted octanol–water partition coefficient (Wildman–Crippen LogP) is -0.420. The minimum absolute atomic E-state index is 0.246. The lowest BCUT2D eigenvalue weighted by atomic mass is 9.85. The Kier molecular flexibility index (Phi) is 2.87. The van der Waals surface area contributed by atoms with Crippen molar-refractivity contribution < 1.29 is 13.2 Å².